The molecule has 0 heterocycles. The van der Waals surface area contributed by atoms with Gasteiger partial charge in [-0.3, -0.25) is 4.79 Å². The van der Waals surface area contributed by atoms with Gasteiger partial charge in [0, 0.05) is 11.1 Å². The lowest BCUT2D eigenvalue weighted by Crippen LogP contribution is -2.17. The smallest absolute Gasteiger partial charge is 0.416 e. The van der Waals surface area contributed by atoms with Gasteiger partial charge in [0.1, 0.15) is 11.6 Å². The quantitative estimate of drug-likeness (QED) is 0.525. The molecule has 0 unspecified atom stereocenters. The first-order valence-corrected chi connectivity index (χ1v) is 6.65. The standard InChI is InChI=1S/C16H12F4N2O2/c1-24-13-6-3-10(4-7-13)15(23)22-21-9-11-2-5-12(8-14(11)17)16(18,19)20/h2-9H,1H3,(H,22,23)/b21-9+. The van der Waals surface area contributed by atoms with Crippen molar-refractivity contribution in [3.05, 3.63) is 65.0 Å². The van der Waals surface area contributed by atoms with Crippen molar-refractivity contribution in [1.82, 2.24) is 5.43 Å². The van der Waals surface area contributed by atoms with Crippen LogP contribution < -0.4 is 10.2 Å². The first-order chi connectivity index (χ1) is 11.3. The van der Waals surface area contributed by atoms with Crippen LogP contribution in [-0.2, 0) is 6.18 Å². The molecule has 24 heavy (non-hydrogen) atoms. The molecule has 0 bridgehead atoms. The van der Waals surface area contributed by atoms with Crippen molar-refractivity contribution in [2.75, 3.05) is 7.11 Å². The fraction of sp³-hybridized carbons (Fsp3) is 0.125. The zero-order valence-corrected chi connectivity index (χ0v) is 12.4. The van der Waals surface area contributed by atoms with Crippen LogP contribution in [0.1, 0.15) is 21.5 Å². The van der Waals surface area contributed by atoms with E-state index in [1.54, 1.807) is 12.1 Å². The Morgan fingerprint density at radius 2 is 1.83 bits per heavy atom. The normalized spacial score (nSPS) is 11.5. The third kappa shape index (κ3) is 4.31. The van der Waals surface area contributed by atoms with E-state index in [0.717, 1.165) is 18.3 Å². The topological polar surface area (TPSA) is 50.7 Å². The highest BCUT2D eigenvalue weighted by Gasteiger charge is 2.31. The number of rotatable bonds is 4. The van der Waals surface area contributed by atoms with Crippen molar-refractivity contribution in [3.63, 3.8) is 0 Å². The Labute approximate surface area is 134 Å². The van der Waals surface area contributed by atoms with Gasteiger partial charge in [0.2, 0.25) is 0 Å². The number of methoxy groups -OCH3 is 1. The second-order valence-electron chi connectivity index (χ2n) is 4.66. The maximum absolute atomic E-state index is 13.6. The Morgan fingerprint density at radius 1 is 1.17 bits per heavy atom. The zero-order valence-electron chi connectivity index (χ0n) is 12.4. The lowest BCUT2D eigenvalue weighted by Gasteiger charge is -2.07. The number of nitrogens with one attached hydrogen (secondary N) is 1. The van der Waals surface area contributed by atoms with E-state index in [4.69, 9.17) is 4.74 Å². The summed E-state index contributed by atoms with van der Waals surface area (Å²) in [5.41, 5.74) is 1.17. The Hall–Kier alpha value is -2.90. The molecule has 0 saturated heterocycles. The van der Waals surface area contributed by atoms with Crippen LogP contribution >= 0.6 is 0 Å². The van der Waals surface area contributed by atoms with Gasteiger partial charge >= 0.3 is 6.18 Å². The summed E-state index contributed by atoms with van der Waals surface area (Å²) in [7, 11) is 1.48. The number of ether oxygens (including phenoxy) is 1. The van der Waals surface area contributed by atoms with E-state index < -0.39 is 23.5 Å². The number of carbonyl (C=O) groups is 1. The van der Waals surface area contributed by atoms with E-state index in [1.165, 1.54) is 19.2 Å². The molecule has 4 nitrogen and oxygen atoms in total. The predicted octanol–water partition coefficient (Wildman–Crippen LogP) is 3.62. The summed E-state index contributed by atoms with van der Waals surface area (Å²) >= 11 is 0. The first-order valence-electron chi connectivity index (χ1n) is 6.65. The largest absolute Gasteiger partial charge is 0.497 e. The van der Waals surface area contributed by atoms with Crippen LogP contribution in [0.5, 0.6) is 5.75 Å². The third-order valence-electron chi connectivity index (χ3n) is 3.05. The SMILES string of the molecule is COc1ccc(C(=O)N/N=C/c2ccc(C(F)(F)F)cc2F)cc1. The number of halogens is 4. The minimum absolute atomic E-state index is 0.182. The number of benzene rings is 2. The van der Waals surface area contributed by atoms with Gasteiger partial charge in [0.15, 0.2) is 0 Å². The van der Waals surface area contributed by atoms with Gasteiger partial charge in [-0.1, -0.05) is 0 Å². The Balaban J connectivity index is 2.04. The van der Waals surface area contributed by atoms with Crippen molar-refractivity contribution < 1.29 is 27.1 Å². The van der Waals surface area contributed by atoms with E-state index in [1.807, 2.05) is 0 Å². The van der Waals surface area contributed by atoms with Crippen molar-refractivity contribution >= 4 is 12.1 Å². The predicted molar refractivity (Wildman–Crippen MR) is 79.5 cm³/mol. The van der Waals surface area contributed by atoms with Crippen molar-refractivity contribution in [2.45, 2.75) is 6.18 Å². The molecule has 1 amide bonds. The maximum Gasteiger partial charge on any atom is 0.416 e. The van der Waals surface area contributed by atoms with Gasteiger partial charge in [-0.15, -0.1) is 0 Å². The number of carbonyl (C=O) groups excluding carboxylic acids is 1. The summed E-state index contributed by atoms with van der Waals surface area (Å²) in [6.07, 6.45) is -3.70. The van der Waals surface area contributed by atoms with Gasteiger partial charge < -0.3 is 4.74 Å². The molecule has 0 aromatic heterocycles. The second-order valence-corrected chi connectivity index (χ2v) is 4.66. The Kier molecular flexibility index (Phi) is 5.18. The molecule has 2 rings (SSSR count). The lowest BCUT2D eigenvalue weighted by molar-refractivity contribution is -0.137. The second kappa shape index (κ2) is 7.12. The third-order valence-corrected chi connectivity index (χ3v) is 3.05. The fourth-order valence-electron chi connectivity index (χ4n) is 1.78. The van der Waals surface area contributed by atoms with Crippen LogP contribution in [0.4, 0.5) is 17.6 Å². The molecule has 0 aliphatic carbocycles. The van der Waals surface area contributed by atoms with Crippen molar-refractivity contribution in [3.8, 4) is 5.75 Å². The highest BCUT2D eigenvalue weighted by atomic mass is 19.4. The zero-order chi connectivity index (χ0) is 17.7. The summed E-state index contributed by atoms with van der Waals surface area (Å²) < 4.78 is 55.8. The molecular formula is C16H12F4N2O2. The summed E-state index contributed by atoms with van der Waals surface area (Å²) in [6, 6.07) is 8.19. The van der Waals surface area contributed by atoms with Crippen LogP contribution in [0.3, 0.4) is 0 Å². The minimum atomic E-state index is -4.63. The van der Waals surface area contributed by atoms with Crippen LogP contribution in [0.15, 0.2) is 47.6 Å². The highest BCUT2D eigenvalue weighted by Crippen LogP contribution is 2.29. The molecule has 126 valence electrons. The highest BCUT2D eigenvalue weighted by molar-refractivity contribution is 5.95. The van der Waals surface area contributed by atoms with Gasteiger partial charge in [0.05, 0.1) is 18.9 Å². The summed E-state index contributed by atoms with van der Waals surface area (Å²) in [5, 5.41) is 3.54. The van der Waals surface area contributed by atoms with Crippen LogP contribution in [0.25, 0.3) is 0 Å². The molecule has 0 fully saturated rings. The van der Waals surface area contributed by atoms with Gasteiger partial charge in [-0.05, 0) is 42.5 Å². The van der Waals surface area contributed by atoms with E-state index in [2.05, 4.69) is 10.5 Å². The van der Waals surface area contributed by atoms with E-state index in [9.17, 15) is 22.4 Å². The maximum atomic E-state index is 13.6. The van der Waals surface area contributed by atoms with Crippen LogP contribution in [0.2, 0.25) is 0 Å². The van der Waals surface area contributed by atoms with E-state index in [-0.39, 0.29) is 5.56 Å². The number of hydrogen-bond donors (Lipinski definition) is 1. The van der Waals surface area contributed by atoms with Gasteiger partial charge in [-0.2, -0.15) is 18.3 Å². The summed E-state index contributed by atoms with van der Waals surface area (Å²) in [5.74, 6) is -1.07. The average Bonchev–Trinajstić information content (AvgIpc) is 2.55. The molecule has 0 spiro atoms. The molecule has 8 heteroatoms. The summed E-state index contributed by atoms with van der Waals surface area (Å²) in [4.78, 5) is 11.8. The Morgan fingerprint density at radius 3 is 2.38 bits per heavy atom. The monoisotopic (exact) mass is 340 g/mol. The molecule has 0 aliphatic rings. The minimum Gasteiger partial charge on any atom is -0.497 e. The lowest BCUT2D eigenvalue weighted by atomic mass is 10.1. The molecular weight excluding hydrogens is 328 g/mol. The molecule has 0 aliphatic heterocycles. The number of hydrazone groups is 1. The molecule has 1 N–H and O–H groups in total. The molecule has 0 radical (unpaired) electrons. The van der Waals surface area contributed by atoms with Gasteiger partial charge in [-0.25, -0.2) is 9.82 Å². The van der Waals surface area contributed by atoms with Crippen LogP contribution in [-0.4, -0.2) is 19.2 Å². The van der Waals surface area contributed by atoms with Crippen molar-refractivity contribution in [2.24, 2.45) is 5.10 Å². The number of hydrogen-bond acceptors (Lipinski definition) is 3. The molecule has 0 saturated carbocycles. The number of alkyl halides is 3. The number of nitrogens with zero attached hydrogens (tertiary/aromatic N) is 1. The fourth-order valence-corrected chi connectivity index (χ4v) is 1.78. The van der Waals surface area contributed by atoms with Crippen molar-refractivity contribution in [1.29, 1.82) is 0 Å². The van der Waals surface area contributed by atoms with E-state index in [0.29, 0.717) is 17.4 Å². The molecule has 0 atom stereocenters. The summed E-state index contributed by atoms with van der Waals surface area (Å²) in [6.45, 7) is 0. The first kappa shape index (κ1) is 17.5. The Bertz CT molecular complexity index is 756. The molecule has 2 aromatic rings. The van der Waals surface area contributed by atoms with Gasteiger partial charge in [0.25, 0.3) is 5.91 Å². The molecule has 2 aromatic carbocycles. The average molecular weight is 340 g/mol. The van der Waals surface area contributed by atoms with E-state index >= 15 is 0 Å². The van der Waals surface area contributed by atoms with Crippen LogP contribution in [0, 0.1) is 5.82 Å². The number of amides is 1.